The van der Waals surface area contributed by atoms with Crippen LogP contribution in [-0.2, 0) is 28.6 Å². The van der Waals surface area contributed by atoms with Crippen molar-refractivity contribution < 1.29 is 38.9 Å². The molecule has 1 aromatic rings. The largest absolute Gasteiger partial charge is 0.362 e. The number of halogens is 2. The Bertz CT molecular complexity index is 812. The van der Waals surface area contributed by atoms with Gasteiger partial charge in [-0.1, -0.05) is 0 Å². The molecule has 1 aromatic carbocycles. The van der Waals surface area contributed by atoms with Gasteiger partial charge < -0.3 is 4.90 Å². The van der Waals surface area contributed by atoms with Crippen molar-refractivity contribution >= 4 is 31.6 Å². The zero-order valence-electron chi connectivity index (χ0n) is 13.7. The standard InChI is InChI=1S/C12H16F2N2O8S2/c1-25(19,20)23-5-3-15(4-6-24-26(2,21)22)12-10(13)7-9(16(17)18)8-11(12)14/h7-8H,3-6H2,1-2H3. The van der Waals surface area contributed by atoms with Gasteiger partial charge in [-0.2, -0.15) is 16.8 Å². The molecule has 10 nitrogen and oxygen atoms in total. The van der Waals surface area contributed by atoms with Crippen LogP contribution in [0.15, 0.2) is 12.1 Å². The van der Waals surface area contributed by atoms with Crippen molar-refractivity contribution in [3.05, 3.63) is 33.9 Å². The number of nitro benzene ring substituents is 1. The molecule has 0 fully saturated rings. The molecule has 0 saturated carbocycles. The Balaban J connectivity index is 3.08. The van der Waals surface area contributed by atoms with E-state index in [9.17, 15) is 35.7 Å². The molecule has 0 unspecified atom stereocenters. The van der Waals surface area contributed by atoms with E-state index < -0.39 is 61.4 Å². The van der Waals surface area contributed by atoms with Crippen LogP contribution in [0.3, 0.4) is 0 Å². The lowest BCUT2D eigenvalue weighted by Crippen LogP contribution is -2.33. The first-order chi connectivity index (χ1) is 11.8. The van der Waals surface area contributed by atoms with Crippen LogP contribution < -0.4 is 4.90 Å². The molecule has 0 aromatic heterocycles. The number of rotatable bonds is 10. The molecule has 0 aliphatic carbocycles. The number of benzene rings is 1. The van der Waals surface area contributed by atoms with E-state index in [-0.39, 0.29) is 13.1 Å². The van der Waals surface area contributed by atoms with Crippen molar-refractivity contribution in [1.82, 2.24) is 0 Å². The van der Waals surface area contributed by atoms with Crippen LogP contribution in [0.25, 0.3) is 0 Å². The molecular formula is C12H16F2N2O8S2. The molecule has 0 amide bonds. The highest BCUT2D eigenvalue weighted by atomic mass is 32.2. The fourth-order valence-electron chi connectivity index (χ4n) is 1.89. The normalized spacial score (nSPS) is 12.2. The predicted molar refractivity (Wildman–Crippen MR) is 86.8 cm³/mol. The van der Waals surface area contributed by atoms with Crippen molar-refractivity contribution in [1.29, 1.82) is 0 Å². The molecule has 148 valence electrons. The number of hydrogen-bond donors (Lipinski definition) is 0. The van der Waals surface area contributed by atoms with E-state index in [1.54, 1.807) is 0 Å². The Morgan fingerprint density at radius 2 is 1.38 bits per heavy atom. The monoisotopic (exact) mass is 418 g/mol. The molecular weight excluding hydrogens is 402 g/mol. The van der Waals surface area contributed by atoms with E-state index in [0.717, 1.165) is 17.4 Å². The lowest BCUT2D eigenvalue weighted by atomic mass is 10.2. The third kappa shape index (κ3) is 7.55. The first kappa shape index (κ1) is 22.1. The Kier molecular flexibility index (Phi) is 7.37. The van der Waals surface area contributed by atoms with E-state index in [2.05, 4.69) is 8.37 Å². The second kappa shape index (κ2) is 8.66. The molecule has 0 N–H and O–H groups in total. The Hall–Kier alpha value is -1.90. The van der Waals surface area contributed by atoms with Crippen LogP contribution in [-0.4, -0.2) is 60.6 Å². The van der Waals surface area contributed by atoms with Crippen molar-refractivity contribution in [3.63, 3.8) is 0 Å². The van der Waals surface area contributed by atoms with Crippen LogP contribution in [0.5, 0.6) is 0 Å². The summed E-state index contributed by atoms with van der Waals surface area (Å²) in [6, 6.07) is 0.973. The lowest BCUT2D eigenvalue weighted by molar-refractivity contribution is -0.385. The summed E-state index contributed by atoms with van der Waals surface area (Å²) in [4.78, 5) is 10.6. The molecule has 0 heterocycles. The summed E-state index contributed by atoms with van der Waals surface area (Å²) in [7, 11) is -7.63. The van der Waals surface area contributed by atoms with Gasteiger partial charge in [-0.25, -0.2) is 8.78 Å². The topological polar surface area (TPSA) is 133 Å². The lowest BCUT2D eigenvalue weighted by Gasteiger charge is -2.25. The zero-order chi connectivity index (χ0) is 20.1. The number of non-ortho nitro benzene ring substituents is 1. The van der Waals surface area contributed by atoms with Crippen LogP contribution in [0.2, 0.25) is 0 Å². The summed E-state index contributed by atoms with van der Waals surface area (Å²) in [6.45, 7) is -1.70. The van der Waals surface area contributed by atoms with Gasteiger partial charge in [0, 0.05) is 13.1 Å². The van der Waals surface area contributed by atoms with Crippen LogP contribution in [0.4, 0.5) is 20.2 Å². The van der Waals surface area contributed by atoms with Gasteiger partial charge in [0.25, 0.3) is 25.9 Å². The minimum Gasteiger partial charge on any atom is -0.362 e. The average Bonchev–Trinajstić information content (AvgIpc) is 2.43. The second-order valence-corrected chi connectivity index (χ2v) is 8.34. The minimum absolute atomic E-state index is 0.355. The molecule has 0 aliphatic heterocycles. The Morgan fingerprint density at radius 1 is 1.00 bits per heavy atom. The Morgan fingerprint density at radius 3 is 1.69 bits per heavy atom. The van der Waals surface area contributed by atoms with Crippen molar-refractivity contribution in [2.45, 2.75) is 0 Å². The van der Waals surface area contributed by atoms with Gasteiger partial charge in [0.1, 0.15) is 5.69 Å². The van der Waals surface area contributed by atoms with E-state index in [1.165, 1.54) is 0 Å². The molecule has 0 atom stereocenters. The van der Waals surface area contributed by atoms with E-state index in [1.807, 2.05) is 0 Å². The van der Waals surface area contributed by atoms with E-state index in [4.69, 9.17) is 0 Å². The van der Waals surface area contributed by atoms with Gasteiger partial charge in [-0.15, -0.1) is 0 Å². The maximum Gasteiger partial charge on any atom is 0.275 e. The summed E-state index contributed by atoms with van der Waals surface area (Å²) < 4.78 is 81.2. The smallest absolute Gasteiger partial charge is 0.275 e. The molecule has 0 aliphatic rings. The number of hydrogen-bond acceptors (Lipinski definition) is 9. The zero-order valence-corrected chi connectivity index (χ0v) is 15.3. The minimum atomic E-state index is -3.81. The van der Waals surface area contributed by atoms with Crippen LogP contribution in [0, 0.1) is 21.7 Å². The van der Waals surface area contributed by atoms with Gasteiger partial charge in [0.15, 0.2) is 11.6 Å². The average molecular weight is 418 g/mol. The van der Waals surface area contributed by atoms with E-state index >= 15 is 0 Å². The molecule has 14 heteroatoms. The maximum absolute atomic E-state index is 14.1. The summed E-state index contributed by atoms with van der Waals surface area (Å²) in [5.74, 6) is -2.56. The van der Waals surface area contributed by atoms with Crippen molar-refractivity contribution in [2.24, 2.45) is 0 Å². The molecule has 0 spiro atoms. The van der Waals surface area contributed by atoms with Gasteiger partial charge in [-0.05, 0) is 0 Å². The van der Waals surface area contributed by atoms with Crippen LogP contribution >= 0.6 is 0 Å². The molecule has 26 heavy (non-hydrogen) atoms. The Labute approximate surface area is 148 Å². The maximum atomic E-state index is 14.1. The number of anilines is 1. The third-order valence-electron chi connectivity index (χ3n) is 2.85. The molecule has 0 saturated heterocycles. The van der Waals surface area contributed by atoms with E-state index in [0.29, 0.717) is 12.1 Å². The van der Waals surface area contributed by atoms with Gasteiger partial charge in [0.2, 0.25) is 0 Å². The van der Waals surface area contributed by atoms with Crippen molar-refractivity contribution in [2.75, 3.05) is 43.7 Å². The highest BCUT2D eigenvalue weighted by molar-refractivity contribution is 7.86. The van der Waals surface area contributed by atoms with Crippen LogP contribution in [0.1, 0.15) is 0 Å². The molecule has 0 radical (unpaired) electrons. The fourth-order valence-corrected chi connectivity index (χ4v) is 2.65. The first-order valence-electron chi connectivity index (χ1n) is 6.87. The summed E-state index contributed by atoms with van der Waals surface area (Å²) in [6.07, 6.45) is 1.55. The number of nitrogens with zero attached hydrogens (tertiary/aromatic N) is 2. The first-order valence-corrected chi connectivity index (χ1v) is 10.5. The number of nitro groups is 1. The summed E-state index contributed by atoms with van der Waals surface area (Å²) in [5, 5.41) is 10.6. The van der Waals surface area contributed by atoms with Gasteiger partial charge in [-0.3, -0.25) is 18.5 Å². The summed E-state index contributed by atoms with van der Waals surface area (Å²) in [5.41, 5.74) is -1.52. The van der Waals surface area contributed by atoms with Gasteiger partial charge in [0.05, 0.1) is 42.8 Å². The molecule has 1 rings (SSSR count). The summed E-state index contributed by atoms with van der Waals surface area (Å²) >= 11 is 0. The van der Waals surface area contributed by atoms with Crippen molar-refractivity contribution in [3.8, 4) is 0 Å². The third-order valence-corrected chi connectivity index (χ3v) is 4.04. The predicted octanol–water partition coefficient (Wildman–Crippen LogP) is 0.632. The fraction of sp³-hybridized carbons (Fsp3) is 0.500. The van der Waals surface area contributed by atoms with Gasteiger partial charge >= 0.3 is 0 Å². The highest BCUT2D eigenvalue weighted by Gasteiger charge is 2.22. The SMILES string of the molecule is CS(=O)(=O)OCCN(CCOS(C)(=O)=O)c1c(F)cc([N+](=O)[O-])cc1F. The second-order valence-electron chi connectivity index (χ2n) is 5.05. The molecule has 0 bridgehead atoms. The highest BCUT2D eigenvalue weighted by Crippen LogP contribution is 2.28. The quantitative estimate of drug-likeness (QED) is 0.305.